The van der Waals surface area contributed by atoms with Gasteiger partial charge in [-0.25, -0.2) is 9.59 Å². The van der Waals surface area contributed by atoms with Crippen LogP contribution in [0.5, 0.6) is 5.88 Å². The minimum Gasteiger partial charge on any atom is -0.493 e. The van der Waals surface area contributed by atoms with Crippen LogP contribution in [0.4, 0.5) is 0 Å². The van der Waals surface area contributed by atoms with Crippen LogP contribution in [0.25, 0.3) is 10.9 Å². The fourth-order valence-electron chi connectivity index (χ4n) is 5.54. The Morgan fingerprint density at radius 2 is 1.83 bits per heavy atom. The highest BCUT2D eigenvalue weighted by Crippen LogP contribution is 2.23. The summed E-state index contributed by atoms with van der Waals surface area (Å²) in [7, 11) is 0. The van der Waals surface area contributed by atoms with E-state index in [9.17, 15) is 44.1 Å². The Hall–Kier alpha value is -5.81. The first-order valence-electron chi connectivity index (χ1n) is 14.8. The molecular weight excluding hydrogens is 618 g/mol. The number of aryl methyl sites for hydroxylation is 1. The van der Waals surface area contributed by atoms with E-state index in [1.165, 1.54) is 4.90 Å². The highest BCUT2D eigenvalue weighted by Gasteiger charge is 2.39. The average molecular weight is 656 g/mol. The Balaban J connectivity index is 1.52. The Morgan fingerprint density at radius 3 is 2.53 bits per heavy atom. The number of aromatic hydroxyl groups is 1. The van der Waals surface area contributed by atoms with Crippen molar-refractivity contribution in [3.63, 3.8) is 0 Å². The number of para-hydroxylation sites is 1. The first kappa shape index (κ1) is 34.1. The molecule has 0 spiro atoms. The second kappa shape index (κ2) is 15.0. The number of fused-ring (bicyclic) bond motifs is 1. The van der Waals surface area contributed by atoms with E-state index in [0.29, 0.717) is 23.0 Å². The number of nitrogens with two attached hydrogens (primary N) is 2. The van der Waals surface area contributed by atoms with E-state index >= 15 is 0 Å². The highest BCUT2D eigenvalue weighted by atomic mass is 16.4. The molecule has 18 heteroatoms. The van der Waals surface area contributed by atoms with Crippen molar-refractivity contribution in [1.82, 2.24) is 30.1 Å². The number of H-pyrrole nitrogens is 2. The van der Waals surface area contributed by atoms with Crippen LogP contribution < -0.4 is 27.8 Å². The SMILES string of the molecule is NC(N)=NCCCc1[nH]c(=O)n(CC(=O)NC(CC(=O)O)C(=O)N[C@@H](Cc2c[nH]c3ccccc23)C(=O)N2CCC[C@H]2C(=O)O)c1O. The number of hydrogen-bond donors (Lipinski definition) is 9. The molecule has 3 heterocycles. The van der Waals surface area contributed by atoms with Crippen LogP contribution in [-0.4, -0.2) is 102 Å². The van der Waals surface area contributed by atoms with Gasteiger partial charge in [0.2, 0.25) is 23.6 Å². The van der Waals surface area contributed by atoms with Crippen molar-refractivity contribution < 1.29 is 39.3 Å². The molecule has 3 amide bonds. The van der Waals surface area contributed by atoms with Crippen molar-refractivity contribution in [2.45, 2.75) is 63.2 Å². The number of carboxylic acid groups (broad SMARTS) is 2. The molecule has 11 N–H and O–H groups in total. The first-order chi connectivity index (χ1) is 22.3. The summed E-state index contributed by atoms with van der Waals surface area (Å²) in [5.74, 6) is -5.95. The van der Waals surface area contributed by atoms with Crippen molar-refractivity contribution in [3.05, 3.63) is 52.2 Å². The van der Waals surface area contributed by atoms with Gasteiger partial charge in [-0.15, -0.1) is 0 Å². The number of aliphatic imine (C=N–C) groups is 1. The summed E-state index contributed by atoms with van der Waals surface area (Å²) >= 11 is 0. The van der Waals surface area contributed by atoms with Crippen molar-refractivity contribution in [1.29, 1.82) is 0 Å². The van der Waals surface area contributed by atoms with Gasteiger partial charge in [0, 0.05) is 36.6 Å². The molecule has 2 aromatic heterocycles. The number of benzene rings is 1. The number of amides is 3. The molecule has 1 aliphatic rings. The predicted molar refractivity (Wildman–Crippen MR) is 166 cm³/mol. The fourth-order valence-corrected chi connectivity index (χ4v) is 5.54. The van der Waals surface area contributed by atoms with Crippen LogP contribution in [0.15, 0.2) is 40.2 Å². The molecule has 1 unspecified atom stereocenters. The first-order valence-corrected chi connectivity index (χ1v) is 14.8. The molecule has 1 saturated heterocycles. The maximum Gasteiger partial charge on any atom is 0.329 e. The number of rotatable bonds is 15. The zero-order valence-electron chi connectivity index (χ0n) is 25.3. The molecular formula is C29H37N9O9. The van der Waals surface area contributed by atoms with Crippen molar-refractivity contribution in [2.75, 3.05) is 13.1 Å². The van der Waals surface area contributed by atoms with Crippen molar-refractivity contribution >= 4 is 46.5 Å². The van der Waals surface area contributed by atoms with E-state index in [2.05, 4.69) is 25.6 Å². The van der Waals surface area contributed by atoms with Gasteiger partial charge in [-0.1, -0.05) is 18.2 Å². The average Bonchev–Trinajstić information content (AvgIpc) is 3.73. The minimum absolute atomic E-state index is 0.0657. The van der Waals surface area contributed by atoms with E-state index in [-0.39, 0.29) is 44.0 Å². The van der Waals surface area contributed by atoms with E-state index < -0.39 is 72.3 Å². The number of aliphatic carboxylic acids is 2. The van der Waals surface area contributed by atoms with Gasteiger partial charge in [-0.3, -0.25) is 28.7 Å². The molecule has 47 heavy (non-hydrogen) atoms. The lowest BCUT2D eigenvalue weighted by Gasteiger charge is -2.28. The third-order valence-corrected chi connectivity index (χ3v) is 7.77. The number of likely N-dealkylation sites (tertiary alicyclic amines) is 1. The van der Waals surface area contributed by atoms with Crippen LogP contribution >= 0.6 is 0 Å². The Morgan fingerprint density at radius 1 is 1.09 bits per heavy atom. The smallest absolute Gasteiger partial charge is 0.329 e. The maximum absolute atomic E-state index is 13.7. The summed E-state index contributed by atoms with van der Waals surface area (Å²) in [5, 5.41) is 35.2. The Kier molecular flexibility index (Phi) is 10.9. The zero-order chi connectivity index (χ0) is 34.2. The monoisotopic (exact) mass is 655 g/mol. The van der Waals surface area contributed by atoms with Crippen LogP contribution in [0.1, 0.15) is 36.9 Å². The quantitative estimate of drug-likeness (QED) is 0.0507. The standard InChI is InChI=1S/C29H37N9O9/c30-28(31)32-9-3-7-18-25(43)38(29(47)36-18)14-22(39)34-19(12-23(40)41)24(42)35-20(26(44)37-10-4-8-21(37)27(45)46)11-15-13-33-17-6-2-1-5-16(15)17/h1-2,5-6,13,19-21,33,43H,3-4,7-12,14H2,(H,34,39)(H,35,42)(H,36,47)(H,40,41)(H,45,46)(H4,30,31,32)/t19?,20-,21-/m0/s1. The number of nitrogens with zero attached hydrogens (tertiary/aromatic N) is 3. The van der Waals surface area contributed by atoms with Crippen LogP contribution in [-0.2, 0) is 43.4 Å². The lowest BCUT2D eigenvalue weighted by atomic mass is 10.0. The topological polar surface area (TPSA) is 291 Å². The molecule has 0 saturated carbocycles. The highest BCUT2D eigenvalue weighted by molar-refractivity contribution is 5.96. The van der Waals surface area contributed by atoms with Crippen molar-refractivity contribution in [2.24, 2.45) is 16.5 Å². The van der Waals surface area contributed by atoms with Gasteiger partial charge < -0.3 is 52.3 Å². The fraction of sp³-hybridized carbons (Fsp3) is 0.414. The van der Waals surface area contributed by atoms with Crippen molar-refractivity contribution in [3.8, 4) is 5.88 Å². The third kappa shape index (κ3) is 8.47. The van der Waals surface area contributed by atoms with E-state index in [1.807, 2.05) is 18.2 Å². The summed E-state index contributed by atoms with van der Waals surface area (Å²) in [6.45, 7) is -0.388. The molecule has 18 nitrogen and oxygen atoms in total. The molecule has 4 rings (SSSR count). The molecule has 1 fully saturated rings. The molecule has 1 aliphatic heterocycles. The van der Waals surface area contributed by atoms with Gasteiger partial charge >= 0.3 is 17.6 Å². The number of carbonyl (C=O) groups excluding carboxylic acids is 3. The predicted octanol–water partition coefficient (Wildman–Crippen LogP) is -1.67. The summed E-state index contributed by atoms with van der Waals surface area (Å²) in [5.41, 5.74) is 11.3. The van der Waals surface area contributed by atoms with E-state index in [4.69, 9.17) is 11.5 Å². The second-order valence-corrected chi connectivity index (χ2v) is 11.1. The molecule has 0 aliphatic carbocycles. The maximum atomic E-state index is 13.7. The molecule has 0 radical (unpaired) electrons. The van der Waals surface area contributed by atoms with Gasteiger partial charge in [0.25, 0.3) is 0 Å². The zero-order valence-corrected chi connectivity index (χ0v) is 25.3. The number of guanidine groups is 1. The molecule has 3 aromatic rings. The molecule has 1 aromatic carbocycles. The van der Waals surface area contributed by atoms with E-state index in [1.54, 1.807) is 12.3 Å². The van der Waals surface area contributed by atoms with Crippen LogP contribution in [0.3, 0.4) is 0 Å². The molecule has 3 atom stereocenters. The van der Waals surface area contributed by atoms with Crippen LogP contribution in [0.2, 0.25) is 0 Å². The lowest BCUT2D eigenvalue weighted by molar-refractivity contribution is -0.149. The van der Waals surface area contributed by atoms with Crippen LogP contribution in [0, 0.1) is 0 Å². The lowest BCUT2D eigenvalue weighted by Crippen LogP contribution is -2.57. The summed E-state index contributed by atoms with van der Waals surface area (Å²) in [6, 6.07) is 3.13. The van der Waals surface area contributed by atoms with Gasteiger partial charge in [0.15, 0.2) is 5.96 Å². The number of aromatic amines is 2. The van der Waals surface area contributed by atoms with Gasteiger partial charge in [0.1, 0.15) is 24.7 Å². The number of hydrogen-bond acceptors (Lipinski definition) is 8. The van der Waals surface area contributed by atoms with Gasteiger partial charge in [-0.05, 0) is 37.3 Å². The number of carboxylic acids is 2. The Labute approximate surface area is 266 Å². The minimum atomic E-state index is -1.69. The normalized spacial score (nSPS) is 15.6. The largest absolute Gasteiger partial charge is 0.493 e. The second-order valence-electron chi connectivity index (χ2n) is 11.1. The van der Waals surface area contributed by atoms with E-state index in [0.717, 1.165) is 10.9 Å². The van der Waals surface area contributed by atoms with Gasteiger partial charge in [-0.2, -0.15) is 0 Å². The summed E-state index contributed by atoms with van der Waals surface area (Å²) in [6.07, 6.45) is 1.92. The summed E-state index contributed by atoms with van der Waals surface area (Å²) in [4.78, 5) is 86.6. The van der Waals surface area contributed by atoms with Gasteiger partial charge in [0.05, 0.1) is 12.1 Å². The number of imidazole rings is 1. The Bertz CT molecular complexity index is 1740. The molecule has 252 valence electrons. The number of nitrogens with one attached hydrogen (secondary N) is 4. The molecule has 0 bridgehead atoms. The summed E-state index contributed by atoms with van der Waals surface area (Å²) < 4.78 is 0.712. The number of aromatic nitrogens is 3. The number of carbonyl (C=O) groups is 5. The third-order valence-electron chi connectivity index (χ3n) is 7.77.